The SMILES string of the molecule is CN[C@H]1CN(c2c(F)cc3c(=O)c(OC(=O)O)cn(C4CC4)c3c2F)[C@@H]1C. The number of rotatable bonds is 4. The topological polar surface area (TPSA) is 83.8 Å². The van der Waals surface area contributed by atoms with Crippen LogP contribution in [0.15, 0.2) is 17.1 Å². The van der Waals surface area contributed by atoms with Crippen LogP contribution in [-0.4, -0.2) is 41.5 Å². The minimum atomic E-state index is -1.65. The van der Waals surface area contributed by atoms with Gasteiger partial charge in [-0.2, -0.15) is 0 Å². The van der Waals surface area contributed by atoms with Gasteiger partial charge in [0.15, 0.2) is 11.6 Å². The molecule has 2 N–H and O–H groups in total. The first kappa shape index (κ1) is 17.7. The number of hydrogen-bond acceptors (Lipinski definition) is 5. The molecule has 1 aliphatic heterocycles. The number of fused-ring (bicyclic) bond motifs is 1. The highest BCUT2D eigenvalue weighted by Crippen LogP contribution is 2.41. The highest BCUT2D eigenvalue weighted by Gasteiger charge is 2.39. The van der Waals surface area contributed by atoms with E-state index < -0.39 is 29.0 Å². The maximum Gasteiger partial charge on any atom is 0.511 e. The predicted octanol–water partition coefficient (Wildman–Crippen LogP) is 2.47. The van der Waals surface area contributed by atoms with E-state index >= 15 is 4.39 Å². The second-order valence-electron chi connectivity index (χ2n) is 7.03. The van der Waals surface area contributed by atoms with Gasteiger partial charge in [-0.1, -0.05) is 0 Å². The number of aromatic nitrogens is 1. The first-order valence-electron chi connectivity index (χ1n) is 8.75. The predicted molar refractivity (Wildman–Crippen MR) is 94.7 cm³/mol. The summed E-state index contributed by atoms with van der Waals surface area (Å²) < 4.78 is 36.2. The minimum absolute atomic E-state index is 0.0169. The van der Waals surface area contributed by atoms with Crippen LogP contribution < -0.4 is 20.4 Å². The molecule has 2 heterocycles. The van der Waals surface area contributed by atoms with Crippen LogP contribution in [0.5, 0.6) is 5.75 Å². The fraction of sp³-hybridized carbons (Fsp3) is 0.444. The van der Waals surface area contributed by atoms with Gasteiger partial charge >= 0.3 is 6.16 Å². The average Bonchev–Trinajstić information content (AvgIpc) is 3.44. The van der Waals surface area contributed by atoms with Gasteiger partial charge in [0.05, 0.1) is 17.1 Å². The minimum Gasteiger partial charge on any atom is -0.449 e. The maximum atomic E-state index is 15.4. The second-order valence-corrected chi connectivity index (χ2v) is 7.03. The fourth-order valence-corrected chi connectivity index (χ4v) is 3.71. The molecule has 0 unspecified atom stereocenters. The van der Waals surface area contributed by atoms with E-state index in [4.69, 9.17) is 5.11 Å². The third kappa shape index (κ3) is 2.73. The summed E-state index contributed by atoms with van der Waals surface area (Å²) in [7, 11) is 1.79. The van der Waals surface area contributed by atoms with E-state index in [9.17, 15) is 14.0 Å². The molecule has 144 valence electrons. The van der Waals surface area contributed by atoms with Crippen molar-refractivity contribution < 1.29 is 23.4 Å². The summed E-state index contributed by atoms with van der Waals surface area (Å²) in [5, 5.41) is 11.7. The molecule has 4 rings (SSSR count). The maximum absolute atomic E-state index is 15.4. The largest absolute Gasteiger partial charge is 0.511 e. The molecule has 7 nitrogen and oxygen atoms in total. The summed E-state index contributed by atoms with van der Waals surface area (Å²) >= 11 is 0. The normalized spacial score (nSPS) is 22.0. The number of carboxylic acid groups (broad SMARTS) is 1. The van der Waals surface area contributed by atoms with Gasteiger partial charge in [0.1, 0.15) is 11.5 Å². The Balaban J connectivity index is 1.93. The van der Waals surface area contributed by atoms with Crippen molar-refractivity contribution in [3.8, 4) is 5.75 Å². The summed E-state index contributed by atoms with van der Waals surface area (Å²) in [4.78, 5) is 25.0. The molecule has 2 aromatic rings. The molecule has 2 aliphatic rings. The van der Waals surface area contributed by atoms with Crippen LogP contribution in [0.2, 0.25) is 0 Å². The molecule has 2 atom stereocenters. The van der Waals surface area contributed by atoms with E-state index in [1.54, 1.807) is 11.9 Å². The molecule has 1 saturated heterocycles. The van der Waals surface area contributed by atoms with E-state index in [2.05, 4.69) is 10.1 Å². The van der Waals surface area contributed by atoms with Gasteiger partial charge in [0.25, 0.3) is 0 Å². The lowest BCUT2D eigenvalue weighted by molar-refractivity contribution is 0.143. The third-order valence-corrected chi connectivity index (χ3v) is 5.41. The van der Waals surface area contributed by atoms with Crippen molar-refractivity contribution in [3.63, 3.8) is 0 Å². The molecule has 0 radical (unpaired) electrons. The molecular formula is C18H19F2N3O4. The molecule has 1 aromatic carbocycles. The number of halogens is 2. The lowest BCUT2D eigenvalue weighted by atomic mass is 9.96. The number of anilines is 1. The van der Waals surface area contributed by atoms with Gasteiger partial charge in [-0.05, 0) is 32.9 Å². The number of hydrogen-bond donors (Lipinski definition) is 2. The van der Waals surface area contributed by atoms with E-state index in [1.165, 1.54) is 10.8 Å². The van der Waals surface area contributed by atoms with Crippen molar-refractivity contribution in [2.45, 2.75) is 37.9 Å². The molecule has 1 saturated carbocycles. The summed E-state index contributed by atoms with van der Waals surface area (Å²) in [6.45, 7) is 2.32. The van der Waals surface area contributed by atoms with Crippen LogP contribution in [0, 0.1) is 11.6 Å². The Morgan fingerprint density at radius 2 is 2.07 bits per heavy atom. The molecule has 1 aromatic heterocycles. The van der Waals surface area contributed by atoms with Gasteiger partial charge in [0, 0.05) is 24.7 Å². The van der Waals surface area contributed by atoms with Gasteiger partial charge in [-0.3, -0.25) is 4.79 Å². The Morgan fingerprint density at radius 1 is 1.37 bits per heavy atom. The van der Waals surface area contributed by atoms with E-state index in [1.807, 2.05) is 6.92 Å². The van der Waals surface area contributed by atoms with Gasteiger partial charge in [-0.15, -0.1) is 0 Å². The quantitative estimate of drug-likeness (QED) is 0.794. The van der Waals surface area contributed by atoms with Gasteiger partial charge < -0.3 is 24.6 Å². The van der Waals surface area contributed by atoms with E-state index in [0.717, 1.165) is 18.9 Å². The Hall–Kier alpha value is -2.68. The van der Waals surface area contributed by atoms with Crippen LogP contribution in [0.25, 0.3) is 10.9 Å². The monoisotopic (exact) mass is 379 g/mol. The van der Waals surface area contributed by atoms with Crippen LogP contribution in [-0.2, 0) is 0 Å². The zero-order valence-corrected chi connectivity index (χ0v) is 14.8. The van der Waals surface area contributed by atoms with Crippen LogP contribution in [0.1, 0.15) is 25.8 Å². The molecule has 0 amide bonds. The fourth-order valence-electron chi connectivity index (χ4n) is 3.71. The average molecular weight is 379 g/mol. The Labute approximate surface area is 153 Å². The number of carbonyl (C=O) groups is 1. The van der Waals surface area contributed by atoms with Gasteiger partial charge in [0.2, 0.25) is 5.43 Å². The zero-order valence-electron chi connectivity index (χ0n) is 14.8. The Morgan fingerprint density at radius 3 is 2.63 bits per heavy atom. The van der Waals surface area contributed by atoms with Crippen molar-refractivity contribution in [2.24, 2.45) is 0 Å². The molecule has 9 heteroatoms. The first-order chi connectivity index (χ1) is 12.8. The summed E-state index contributed by atoms with van der Waals surface area (Å²) in [6, 6.07) is 0.919. The zero-order chi connectivity index (χ0) is 19.5. The van der Waals surface area contributed by atoms with Crippen LogP contribution in [0.4, 0.5) is 19.3 Å². The molecule has 1 aliphatic carbocycles. The highest BCUT2D eigenvalue weighted by molar-refractivity contribution is 5.86. The summed E-state index contributed by atoms with van der Waals surface area (Å²) in [6.07, 6.45) is 1.08. The molecular weight excluding hydrogens is 360 g/mol. The lowest BCUT2D eigenvalue weighted by Crippen LogP contribution is -2.64. The summed E-state index contributed by atoms with van der Waals surface area (Å²) in [5.74, 6) is -2.12. The number of nitrogens with one attached hydrogen (secondary N) is 1. The Kier molecular flexibility index (Phi) is 4.06. The van der Waals surface area contributed by atoms with Crippen molar-refractivity contribution >= 4 is 22.7 Å². The van der Waals surface area contributed by atoms with Crippen molar-refractivity contribution in [3.05, 3.63) is 34.1 Å². The molecule has 0 spiro atoms. The Bertz CT molecular complexity index is 1000. The molecule has 2 fully saturated rings. The van der Waals surface area contributed by atoms with E-state index in [-0.39, 0.29) is 34.7 Å². The van der Waals surface area contributed by atoms with Gasteiger partial charge in [-0.25, -0.2) is 13.6 Å². The molecule has 27 heavy (non-hydrogen) atoms. The van der Waals surface area contributed by atoms with Crippen LogP contribution >= 0.6 is 0 Å². The smallest absolute Gasteiger partial charge is 0.449 e. The van der Waals surface area contributed by atoms with E-state index in [0.29, 0.717) is 6.54 Å². The lowest BCUT2D eigenvalue weighted by Gasteiger charge is -2.48. The number of ether oxygens (including phenoxy) is 1. The van der Waals surface area contributed by atoms with Crippen molar-refractivity contribution in [1.29, 1.82) is 0 Å². The number of nitrogens with zero attached hydrogens (tertiary/aromatic N) is 2. The number of benzene rings is 1. The molecule has 0 bridgehead atoms. The standard InChI is InChI=1S/C18H19F2N3O4/c1-8-12(21-2)6-22(8)16-11(19)5-10-15(14(16)20)23(9-3-4-9)7-13(17(10)24)27-18(25)26/h5,7-9,12,21H,3-4,6H2,1-2H3,(H,25,26)/t8-,12+/m1/s1. The number of likely N-dealkylation sites (N-methyl/N-ethyl adjacent to an activating group) is 1. The first-order valence-corrected chi connectivity index (χ1v) is 8.75. The highest BCUT2D eigenvalue weighted by atomic mass is 19.1. The summed E-state index contributed by atoms with van der Waals surface area (Å²) in [5.41, 5.74) is -1.03. The third-order valence-electron chi connectivity index (χ3n) is 5.41. The van der Waals surface area contributed by atoms with Crippen molar-refractivity contribution in [2.75, 3.05) is 18.5 Å². The second kappa shape index (κ2) is 6.19. The van der Waals surface area contributed by atoms with Crippen molar-refractivity contribution in [1.82, 2.24) is 9.88 Å². The number of pyridine rings is 1. The van der Waals surface area contributed by atoms with Crippen LogP contribution in [0.3, 0.4) is 0 Å².